The highest BCUT2D eigenvalue weighted by Crippen LogP contribution is 2.45. The molecule has 0 atom stereocenters. The standard InChI is InChI=1S/C22H25N5O2/c1-4-12-27(22(9-10-22)16(3)28)21-24-14-19(29-21)17-6-5-7-18(13-17)26-20-23-11-8-15(2)25-20/h5-8,11,13-14H,4,9-10,12H2,1-3H3,(H,23,25,26). The maximum absolute atomic E-state index is 12.2. The lowest BCUT2D eigenvalue weighted by atomic mass is 10.1. The predicted octanol–water partition coefficient (Wildman–Crippen LogP) is 4.52. The largest absolute Gasteiger partial charge is 0.423 e. The Morgan fingerprint density at radius 2 is 2.10 bits per heavy atom. The number of oxazole rings is 1. The van der Waals surface area contributed by atoms with Crippen molar-refractivity contribution < 1.29 is 9.21 Å². The van der Waals surface area contributed by atoms with Crippen molar-refractivity contribution in [2.75, 3.05) is 16.8 Å². The zero-order chi connectivity index (χ0) is 20.4. The van der Waals surface area contributed by atoms with Crippen LogP contribution in [0.25, 0.3) is 11.3 Å². The third-order valence-corrected chi connectivity index (χ3v) is 5.27. The molecule has 0 bridgehead atoms. The number of aryl methyl sites for hydroxylation is 1. The molecule has 7 heteroatoms. The Morgan fingerprint density at radius 1 is 1.28 bits per heavy atom. The topological polar surface area (TPSA) is 84.2 Å². The number of benzene rings is 1. The third-order valence-electron chi connectivity index (χ3n) is 5.27. The molecule has 0 aliphatic heterocycles. The fourth-order valence-electron chi connectivity index (χ4n) is 3.56. The molecule has 150 valence electrons. The second-order valence-corrected chi connectivity index (χ2v) is 7.47. The Morgan fingerprint density at radius 3 is 2.79 bits per heavy atom. The van der Waals surface area contributed by atoms with Crippen molar-refractivity contribution >= 4 is 23.4 Å². The number of nitrogens with one attached hydrogen (secondary N) is 1. The normalized spacial score (nSPS) is 14.4. The molecule has 0 saturated heterocycles. The maximum Gasteiger partial charge on any atom is 0.298 e. The van der Waals surface area contributed by atoms with Gasteiger partial charge in [-0.2, -0.15) is 0 Å². The first-order chi connectivity index (χ1) is 14.0. The van der Waals surface area contributed by atoms with Crippen LogP contribution in [-0.4, -0.2) is 32.8 Å². The first kappa shape index (κ1) is 19.1. The summed E-state index contributed by atoms with van der Waals surface area (Å²) in [5.74, 6) is 1.39. The summed E-state index contributed by atoms with van der Waals surface area (Å²) in [5.41, 5.74) is 2.21. The molecule has 1 aromatic carbocycles. The molecule has 29 heavy (non-hydrogen) atoms. The molecule has 0 spiro atoms. The van der Waals surface area contributed by atoms with Gasteiger partial charge >= 0.3 is 0 Å². The van der Waals surface area contributed by atoms with E-state index in [1.54, 1.807) is 19.3 Å². The van der Waals surface area contributed by atoms with E-state index in [2.05, 4.69) is 27.2 Å². The Balaban J connectivity index is 1.58. The van der Waals surface area contributed by atoms with Crippen LogP contribution in [0.4, 0.5) is 17.7 Å². The average molecular weight is 391 g/mol. The molecule has 2 heterocycles. The van der Waals surface area contributed by atoms with Crippen LogP contribution >= 0.6 is 0 Å². The number of carbonyl (C=O) groups is 1. The quantitative estimate of drug-likeness (QED) is 0.604. The minimum atomic E-state index is -0.440. The summed E-state index contributed by atoms with van der Waals surface area (Å²) in [6, 6.07) is 10.2. The highest BCUT2D eigenvalue weighted by Gasteiger charge is 2.53. The first-order valence-electron chi connectivity index (χ1n) is 9.93. The van der Waals surface area contributed by atoms with Crippen LogP contribution < -0.4 is 10.2 Å². The zero-order valence-electron chi connectivity index (χ0n) is 17.0. The van der Waals surface area contributed by atoms with E-state index in [9.17, 15) is 4.79 Å². The van der Waals surface area contributed by atoms with Gasteiger partial charge in [-0.15, -0.1) is 0 Å². The summed E-state index contributed by atoms with van der Waals surface area (Å²) in [6.07, 6.45) is 6.08. The molecule has 2 aromatic heterocycles. The van der Waals surface area contributed by atoms with Gasteiger partial charge in [0.1, 0.15) is 5.54 Å². The highest BCUT2D eigenvalue weighted by molar-refractivity contribution is 5.92. The van der Waals surface area contributed by atoms with Gasteiger partial charge in [0.25, 0.3) is 6.01 Å². The molecular formula is C22H25N5O2. The lowest BCUT2D eigenvalue weighted by Gasteiger charge is -2.28. The van der Waals surface area contributed by atoms with Gasteiger partial charge in [0.15, 0.2) is 11.5 Å². The van der Waals surface area contributed by atoms with Crippen LogP contribution in [0.3, 0.4) is 0 Å². The van der Waals surface area contributed by atoms with E-state index >= 15 is 0 Å². The molecule has 3 aromatic rings. The van der Waals surface area contributed by atoms with Gasteiger partial charge in [-0.25, -0.2) is 15.0 Å². The number of hydrogen-bond donors (Lipinski definition) is 1. The lowest BCUT2D eigenvalue weighted by molar-refractivity contribution is -0.119. The van der Waals surface area contributed by atoms with Crippen molar-refractivity contribution in [2.45, 2.75) is 45.6 Å². The molecule has 1 N–H and O–H groups in total. The van der Waals surface area contributed by atoms with Crippen molar-refractivity contribution in [1.82, 2.24) is 15.0 Å². The lowest BCUT2D eigenvalue weighted by Crippen LogP contribution is -2.43. The first-order valence-corrected chi connectivity index (χ1v) is 9.93. The summed E-state index contributed by atoms with van der Waals surface area (Å²) >= 11 is 0. The van der Waals surface area contributed by atoms with Crippen molar-refractivity contribution in [3.8, 4) is 11.3 Å². The van der Waals surface area contributed by atoms with E-state index in [0.29, 0.717) is 17.7 Å². The molecule has 0 radical (unpaired) electrons. The van der Waals surface area contributed by atoms with Crippen LogP contribution in [0.2, 0.25) is 0 Å². The second-order valence-electron chi connectivity index (χ2n) is 7.47. The molecular weight excluding hydrogens is 366 g/mol. The summed E-state index contributed by atoms with van der Waals surface area (Å²) in [4.78, 5) is 27.3. The number of rotatable bonds is 8. The van der Waals surface area contributed by atoms with Gasteiger partial charge in [0.2, 0.25) is 5.95 Å². The van der Waals surface area contributed by atoms with Crippen molar-refractivity contribution in [3.63, 3.8) is 0 Å². The summed E-state index contributed by atoms with van der Waals surface area (Å²) in [6.45, 7) is 6.42. The second kappa shape index (κ2) is 7.66. The van der Waals surface area contributed by atoms with Gasteiger partial charge in [-0.3, -0.25) is 4.79 Å². The Labute approximate surface area is 170 Å². The monoisotopic (exact) mass is 391 g/mol. The molecule has 7 nitrogen and oxygen atoms in total. The van der Waals surface area contributed by atoms with Crippen LogP contribution in [0, 0.1) is 6.92 Å². The molecule has 1 fully saturated rings. The Kier molecular flexibility index (Phi) is 5.05. The van der Waals surface area contributed by atoms with Crippen molar-refractivity contribution in [1.29, 1.82) is 0 Å². The molecule has 4 rings (SSSR count). The minimum absolute atomic E-state index is 0.176. The van der Waals surface area contributed by atoms with Crippen LogP contribution in [0.1, 0.15) is 38.8 Å². The average Bonchev–Trinajstić information content (AvgIpc) is 3.36. The third kappa shape index (κ3) is 3.85. The summed E-state index contributed by atoms with van der Waals surface area (Å²) in [5, 5.41) is 3.21. The molecule has 0 unspecified atom stereocenters. The zero-order valence-corrected chi connectivity index (χ0v) is 17.0. The smallest absolute Gasteiger partial charge is 0.298 e. The summed E-state index contributed by atoms with van der Waals surface area (Å²) < 4.78 is 6.09. The van der Waals surface area contributed by atoms with Crippen molar-refractivity contribution in [2.24, 2.45) is 0 Å². The number of ketones is 1. The Hall–Kier alpha value is -3.22. The molecule has 1 saturated carbocycles. The number of Topliss-reactive ketones (excluding diaryl/α,β-unsaturated/α-hetero) is 1. The van der Waals surface area contributed by atoms with E-state index in [0.717, 1.165) is 42.8 Å². The van der Waals surface area contributed by atoms with E-state index in [4.69, 9.17) is 4.42 Å². The predicted molar refractivity (Wildman–Crippen MR) is 112 cm³/mol. The summed E-state index contributed by atoms with van der Waals surface area (Å²) in [7, 11) is 0. The number of nitrogens with zero attached hydrogens (tertiary/aromatic N) is 4. The van der Waals surface area contributed by atoms with Gasteiger partial charge in [0.05, 0.1) is 6.20 Å². The number of carbonyl (C=O) groups excluding carboxylic acids is 1. The van der Waals surface area contributed by atoms with E-state index < -0.39 is 5.54 Å². The SMILES string of the molecule is CCCN(c1ncc(-c2cccc(Nc3nccc(C)n3)c2)o1)C1(C(C)=O)CC1. The number of hydrogen-bond acceptors (Lipinski definition) is 7. The molecule has 0 amide bonds. The van der Waals surface area contributed by atoms with Crippen LogP contribution in [0.5, 0.6) is 0 Å². The Bertz CT molecular complexity index is 1030. The fourth-order valence-corrected chi connectivity index (χ4v) is 3.56. The molecule has 1 aliphatic rings. The van der Waals surface area contributed by atoms with Gasteiger partial charge in [0, 0.05) is 29.7 Å². The fraction of sp³-hybridized carbons (Fsp3) is 0.364. The van der Waals surface area contributed by atoms with Gasteiger partial charge in [-0.1, -0.05) is 19.1 Å². The maximum atomic E-state index is 12.2. The highest BCUT2D eigenvalue weighted by atomic mass is 16.4. The number of anilines is 3. The van der Waals surface area contributed by atoms with E-state index in [-0.39, 0.29) is 5.78 Å². The van der Waals surface area contributed by atoms with Crippen LogP contribution in [0.15, 0.2) is 47.1 Å². The van der Waals surface area contributed by atoms with E-state index in [1.165, 1.54) is 0 Å². The minimum Gasteiger partial charge on any atom is -0.423 e. The van der Waals surface area contributed by atoms with Gasteiger partial charge < -0.3 is 14.6 Å². The van der Waals surface area contributed by atoms with Gasteiger partial charge in [-0.05, 0) is 51.3 Å². The number of aromatic nitrogens is 3. The van der Waals surface area contributed by atoms with Crippen LogP contribution in [-0.2, 0) is 4.79 Å². The van der Waals surface area contributed by atoms with Crippen molar-refractivity contribution in [3.05, 3.63) is 48.4 Å². The van der Waals surface area contributed by atoms with E-state index in [1.807, 2.05) is 42.2 Å². The molecule has 1 aliphatic carbocycles.